The molecule has 0 aromatic heterocycles. The summed E-state index contributed by atoms with van der Waals surface area (Å²) in [6.07, 6.45) is -0.211. The molecule has 1 amide bonds. The lowest BCUT2D eigenvalue weighted by Crippen LogP contribution is -2.50. The van der Waals surface area contributed by atoms with Crippen LogP contribution in [0.1, 0.15) is 34.6 Å². The molecule has 2 N–H and O–H groups in total. The van der Waals surface area contributed by atoms with Crippen LogP contribution in [0.15, 0.2) is 4.99 Å². The van der Waals surface area contributed by atoms with Gasteiger partial charge in [0.15, 0.2) is 5.96 Å². The van der Waals surface area contributed by atoms with Crippen molar-refractivity contribution in [2.24, 2.45) is 4.99 Å². The predicted octanol–water partition coefficient (Wildman–Crippen LogP) is 1.11. The minimum Gasteiger partial charge on any atom is -0.444 e. The van der Waals surface area contributed by atoms with Crippen LogP contribution in [-0.4, -0.2) is 79.8 Å². The molecule has 0 unspecified atom stereocenters. The van der Waals surface area contributed by atoms with Gasteiger partial charge in [-0.25, -0.2) is 4.79 Å². The van der Waals surface area contributed by atoms with Crippen LogP contribution in [-0.2, 0) is 4.74 Å². The van der Waals surface area contributed by atoms with Gasteiger partial charge in [0.1, 0.15) is 5.60 Å². The standard InChI is InChI=1S/C16H33N5O2/c1-6-17-14(18-7-2)19-8-9-20-10-12-21(13-11-20)15(22)23-16(3,4)5/h6-13H2,1-5H3,(H2,17,18,19). The van der Waals surface area contributed by atoms with Crippen molar-refractivity contribution < 1.29 is 9.53 Å². The Balaban J connectivity index is 2.31. The lowest BCUT2D eigenvalue weighted by molar-refractivity contribution is 0.0148. The molecule has 0 aromatic carbocycles. The van der Waals surface area contributed by atoms with Crippen LogP contribution in [0, 0.1) is 0 Å². The van der Waals surface area contributed by atoms with Crippen molar-refractivity contribution in [3.63, 3.8) is 0 Å². The molecular weight excluding hydrogens is 294 g/mol. The average molecular weight is 327 g/mol. The van der Waals surface area contributed by atoms with Gasteiger partial charge in [0, 0.05) is 45.8 Å². The van der Waals surface area contributed by atoms with Crippen molar-refractivity contribution in [3.05, 3.63) is 0 Å². The number of piperazine rings is 1. The third-order valence-corrected chi connectivity index (χ3v) is 3.40. The molecule has 0 bridgehead atoms. The van der Waals surface area contributed by atoms with Crippen molar-refractivity contribution in [2.45, 2.75) is 40.2 Å². The lowest BCUT2D eigenvalue weighted by Gasteiger charge is -2.35. The number of amides is 1. The van der Waals surface area contributed by atoms with Crippen LogP contribution in [0.2, 0.25) is 0 Å². The number of aliphatic imine (C=N–C) groups is 1. The van der Waals surface area contributed by atoms with Crippen LogP contribution >= 0.6 is 0 Å². The van der Waals surface area contributed by atoms with Gasteiger partial charge in [-0.1, -0.05) is 0 Å². The van der Waals surface area contributed by atoms with Crippen molar-refractivity contribution in [1.82, 2.24) is 20.4 Å². The zero-order chi connectivity index (χ0) is 17.3. The number of rotatable bonds is 5. The Morgan fingerprint density at radius 3 is 2.13 bits per heavy atom. The Kier molecular flexibility index (Phi) is 8.16. The molecule has 7 heteroatoms. The first kappa shape index (κ1) is 19.5. The molecule has 1 rings (SSSR count). The maximum atomic E-state index is 12.0. The van der Waals surface area contributed by atoms with Gasteiger partial charge in [-0.15, -0.1) is 0 Å². The van der Waals surface area contributed by atoms with Crippen LogP contribution in [0.3, 0.4) is 0 Å². The van der Waals surface area contributed by atoms with E-state index >= 15 is 0 Å². The molecule has 0 spiro atoms. The number of carbonyl (C=O) groups is 1. The fourth-order valence-corrected chi connectivity index (χ4v) is 2.29. The van der Waals surface area contributed by atoms with E-state index in [1.54, 1.807) is 4.90 Å². The van der Waals surface area contributed by atoms with Crippen molar-refractivity contribution in [2.75, 3.05) is 52.4 Å². The monoisotopic (exact) mass is 327 g/mol. The quantitative estimate of drug-likeness (QED) is 0.585. The Labute approximate surface area is 140 Å². The summed E-state index contributed by atoms with van der Waals surface area (Å²) in [5.74, 6) is 0.863. The molecule has 1 saturated heterocycles. The van der Waals surface area contributed by atoms with Gasteiger partial charge in [-0.2, -0.15) is 0 Å². The van der Waals surface area contributed by atoms with E-state index in [4.69, 9.17) is 4.74 Å². The van der Waals surface area contributed by atoms with Gasteiger partial charge in [-0.3, -0.25) is 9.89 Å². The number of hydrogen-bond donors (Lipinski definition) is 2. The fraction of sp³-hybridized carbons (Fsp3) is 0.875. The zero-order valence-electron chi connectivity index (χ0n) is 15.3. The Morgan fingerprint density at radius 1 is 1.09 bits per heavy atom. The summed E-state index contributed by atoms with van der Waals surface area (Å²) in [6, 6.07) is 0. The molecule has 134 valence electrons. The molecular formula is C16H33N5O2. The second-order valence-corrected chi connectivity index (χ2v) is 6.60. The third kappa shape index (κ3) is 8.06. The topological polar surface area (TPSA) is 69.2 Å². The van der Waals surface area contributed by atoms with E-state index in [-0.39, 0.29) is 6.09 Å². The Hall–Kier alpha value is -1.50. The molecule has 1 aliphatic rings. The minimum absolute atomic E-state index is 0.211. The maximum Gasteiger partial charge on any atom is 0.410 e. The van der Waals surface area contributed by atoms with Crippen molar-refractivity contribution in [3.8, 4) is 0 Å². The van der Waals surface area contributed by atoms with Gasteiger partial charge >= 0.3 is 6.09 Å². The van der Waals surface area contributed by atoms with Gasteiger partial charge in [-0.05, 0) is 34.6 Å². The van der Waals surface area contributed by atoms with Gasteiger partial charge in [0.05, 0.1) is 6.54 Å². The van der Waals surface area contributed by atoms with E-state index in [1.165, 1.54) is 0 Å². The maximum absolute atomic E-state index is 12.0. The summed E-state index contributed by atoms with van der Waals surface area (Å²) in [4.78, 5) is 20.7. The highest BCUT2D eigenvalue weighted by Crippen LogP contribution is 2.11. The minimum atomic E-state index is -0.433. The highest BCUT2D eigenvalue weighted by Gasteiger charge is 2.25. The van der Waals surface area contributed by atoms with E-state index in [9.17, 15) is 4.79 Å². The molecule has 0 radical (unpaired) electrons. The number of carbonyl (C=O) groups excluding carboxylic acids is 1. The van der Waals surface area contributed by atoms with Gasteiger partial charge in [0.25, 0.3) is 0 Å². The lowest BCUT2D eigenvalue weighted by atomic mass is 10.2. The van der Waals surface area contributed by atoms with Gasteiger partial charge in [0.2, 0.25) is 0 Å². The van der Waals surface area contributed by atoms with E-state index < -0.39 is 5.60 Å². The SMILES string of the molecule is CCNC(=NCCN1CCN(C(=O)OC(C)(C)C)CC1)NCC. The molecule has 7 nitrogen and oxygen atoms in total. The molecule has 0 saturated carbocycles. The van der Waals surface area contributed by atoms with Gasteiger partial charge < -0.3 is 20.3 Å². The number of hydrogen-bond acceptors (Lipinski definition) is 4. The Bertz CT molecular complexity index is 376. The fourth-order valence-electron chi connectivity index (χ4n) is 2.29. The third-order valence-electron chi connectivity index (χ3n) is 3.40. The van der Waals surface area contributed by atoms with E-state index in [0.29, 0.717) is 13.1 Å². The normalized spacial score (nSPS) is 16.0. The van der Waals surface area contributed by atoms with Crippen LogP contribution < -0.4 is 10.6 Å². The zero-order valence-corrected chi connectivity index (χ0v) is 15.3. The summed E-state index contributed by atoms with van der Waals surface area (Å²) >= 11 is 0. The van der Waals surface area contributed by atoms with Crippen molar-refractivity contribution in [1.29, 1.82) is 0 Å². The van der Waals surface area contributed by atoms with E-state index in [1.807, 2.05) is 20.8 Å². The van der Waals surface area contributed by atoms with Crippen molar-refractivity contribution >= 4 is 12.1 Å². The molecule has 0 atom stereocenters. The van der Waals surface area contributed by atoms with E-state index in [0.717, 1.165) is 45.2 Å². The first-order valence-electron chi connectivity index (χ1n) is 8.58. The number of nitrogens with one attached hydrogen (secondary N) is 2. The molecule has 23 heavy (non-hydrogen) atoms. The molecule has 0 aliphatic carbocycles. The second kappa shape index (κ2) is 9.60. The van der Waals surface area contributed by atoms with Crippen LogP contribution in [0.4, 0.5) is 4.79 Å². The summed E-state index contributed by atoms with van der Waals surface area (Å²) in [5, 5.41) is 6.43. The molecule has 1 aliphatic heterocycles. The number of ether oxygens (including phenoxy) is 1. The first-order valence-corrected chi connectivity index (χ1v) is 8.58. The summed E-state index contributed by atoms with van der Waals surface area (Å²) in [6.45, 7) is 16.3. The smallest absolute Gasteiger partial charge is 0.410 e. The number of nitrogens with zero attached hydrogens (tertiary/aromatic N) is 3. The van der Waals surface area contributed by atoms with E-state index in [2.05, 4.69) is 34.4 Å². The number of guanidine groups is 1. The van der Waals surface area contributed by atoms with Crippen LogP contribution in [0.5, 0.6) is 0 Å². The summed E-state index contributed by atoms with van der Waals surface area (Å²) < 4.78 is 5.41. The molecule has 0 aromatic rings. The Morgan fingerprint density at radius 2 is 1.65 bits per heavy atom. The summed E-state index contributed by atoms with van der Waals surface area (Å²) in [7, 11) is 0. The average Bonchev–Trinajstić information content (AvgIpc) is 2.46. The highest BCUT2D eigenvalue weighted by molar-refractivity contribution is 5.79. The largest absolute Gasteiger partial charge is 0.444 e. The predicted molar refractivity (Wildman–Crippen MR) is 93.9 cm³/mol. The second-order valence-electron chi connectivity index (χ2n) is 6.60. The highest BCUT2D eigenvalue weighted by atomic mass is 16.6. The molecule has 1 fully saturated rings. The summed E-state index contributed by atoms with van der Waals surface area (Å²) in [5.41, 5.74) is -0.433. The molecule has 1 heterocycles. The van der Waals surface area contributed by atoms with Crippen LogP contribution in [0.25, 0.3) is 0 Å². The first-order chi connectivity index (χ1) is 10.9.